The molecule has 1 heterocycles. The first-order chi connectivity index (χ1) is 7.74. The molecule has 0 fully saturated rings. The van der Waals surface area contributed by atoms with E-state index < -0.39 is 0 Å². The number of benzene rings is 1. The minimum absolute atomic E-state index is 0.586. The van der Waals surface area contributed by atoms with Crippen LogP contribution >= 0.6 is 0 Å². The molecule has 0 bridgehead atoms. The van der Waals surface area contributed by atoms with Crippen molar-refractivity contribution in [1.82, 2.24) is 9.97 Å². The van der Waals surface area contributed by atoms with Gasteiger partial charge in [0.2, 0.25) is 0 Å². The molecular weight excluding hydrogens is 202 g/mol. The van der Waals surface area contributed by atoms with Crippen LogP contribution in [0, 0.1) is 6.92 Å². The molecule has 0 aliphatic carbocycles. The highest BCUT2D eigenvalue weighted by Crippen LogP contribution is 2.22. The molecule has 1 aromatic carbocycles. The average molecular weight is 217 g/mol. The van der Waals surface area contributed by atoms with Crippen LogP contribution in [-0.4, -0.2) is 23.6 Å². The number of aryl methyl sites for hydroxylation is 1. The Bertz CT molecular complexity index is 511. The van der Waals surface area contributed by atoms with Gasteiger partial charge in [-0.25, -0.2) is 9.97 Å². The normalized spacial score (nSPS) is 10.7. The molecule has 0 amide bonds. The van der Waals surface area contributed by atoms with E-state index in [1.54, 1.807) is 7.11 Å². The molecule has 0 saturated carbocycles. The van der Waals surface area contributed by atoms with Crippen LogP contribution in [0.25, 0.3) is 10.9 Å². The standard InChI is InChI=1S/C12H15N3O/c1-8-14-11-4-3-9(16-2)7-10(11)12(15-8)5-6-13/h3-4,7H,5-6,13H2,1-2H3. The molecule has 16 heavy (non-hydrogen) atoms. The van der Waals surface area contributed by atoms with Gasteiger partial charge in [-0.3, -0.25) is 0 Å². The number of nitrogens with zero attached hydrogens (tertiary/aromatic N) is 2. The maximum Gasteiger partial charge on any atom is 0.126 e. The zero-order valence-corrected chi connectivity index (χ0v) is 9.53. The molecule has 0 saturated heterocycles. The molecule has 0 aliphatic rings. The van der Waals surface area contributed by atoms with Crippen molar-refractivity contribution < 1.29 is 4.74 Å². The van der Waals surface area contributed by atoms with Gasteiger partial charge in [-0.15, -0.1) is 0 Å². The predicted molar refractivity (Wildman–Crippen MR) is 63.6 cm³/mol. The number of fused-ring (bicyclic) bond motifs is 1. The first-order valence-corrected chi connectivity index (χ1v) is 5.26. The highest BCUT2D eigenvalue weighted by atomic mass is 16.5. The largest absolute Gasteiger partial charge is 0.497 e. The second-order valence-electron chi connectivity index (χ2n) is 3.64. The average Bonchev–Trinajstić information content (AvgIpc) is 2.29. The minimum atomic E-state index is 0.586. The number of aromatic nitrogens is 2. The molecular formula is C12H15N3O. The van der Waals surface area contributed by atoms with Gasteiger partial charge in [-0.1, -0.05) is 0 Å². The van der Waals surface area contributed by atoms with E-state index in [1.165, 1.54) is 0 Å². The Morgan fingerprint density at radius 2 is 2.12 bits per heavy atom. The van der Waals surface area contributed by atoms with Crippen LogP contribution in [0.1, 0.15) is 11.5 Å². The lowest BCUT2D eigenvalue weighted by Gasteiger charge is -2.07. The Labute approximate surface area is 94.5 Å². The third-order valence-electron chi connectivity index (χ3n) is 2.47. The maximum absolute atomic E-state index is 5.58. The van der Waals surface area contributed by atoms with Crippen molar-refractivity contribution >= 4 is 10.9 Å². The number of methoxy groups -OCH3 is 1. The minimum Gasteiger partial charge on any atom is -0.497 e. The second-order valence-corrected chi connectivity index (χ2v) is 3.64. The molecule has 4 heteroatoms. The fourth-order valence-corrected chi connectivity index (χ4v) is 1.75. The van der Waals surface area contributed by atoms with E-state index in [0.29, 0.717) is 6.54 Å². The summed E-state index contributed by atoms with van der Waals surface area (Å²) in [5.41, 5.74) is 7.51. The summed E-state index contributed by atoms with van der Waals surface area (Å²) in [6.07, 6.45) is 0.757. The summed E-state index contributed by atoms with van der Waals surface area (Å²) < 4.78 is 5.20. The molecule has 2 N–H and O–H groups in total. The smallest absolute Gasteiger partial charge is 0.126 e. The van der Waals surface area contributed by atoms with Crippen molar-refractivity contribution in [1.29, 1.82) is 0 Å². The van der Waals surface area contributed by atoms with E-state index >= 15 is 0 Å². The van der Waals surface area contributed by atoms with Crippen molar-refractivity contribution in [2.75, 3.05) is 13.7 Å². The summed E-state index contributed by atoms with van der Waals surface area (Å²) in [7, 11) is 1.65. The predicted octanol–water partition coefficient (Wildman–Crippen LogP) is 1.45. The summed E-state index contributed by atoms with van der Waals surface area (Å²) in [5.74, 6) is 1.60. The fourth-order valence-electron chi connectivity index (χ4n) is 1.75. The van der Waals surface area contributed by atoms with E-state index in [9.17, 15) is 0 Å². The molecule has 1 aromatic heterocycles. The van der Waals surface area contributed by atoms with Crippen molar-refractivity contribution in [3.63, 3.8) is 0 Å². The van der Waals surface area contributed by atoms with Gasteiger partial charge >= 0.3 is 0 Å². The van der Waals surface area contributed by atoms with Gasteiger partial charge in [-0.05, 0) is 31.7 Å². The van der Waals surface area contributed by atoms with Gasteiger partial charge in [0.25, 0.3) is 0 Å². The fraction of sp³-hybridized carbons (Fsp3) is 0.333. The maximum atomic E-state index is 5.58. The van der Waals surface area contributed by atoms with E-state index in [0.717, 1.165) is 34.6 Å². The van der Waals surface area contributed by atoms with Gasteiger partial charge in [0, 0.05) is 11.8 Å². The van der Waals surface area contributed by atoms with Gasteiger partial charge in [0.15, 0.2) is 0 Å². The number of nitrogens with two attached hydrogens (primary N) is 1. The van der Waals surface area contributed by atoms with Gasteiger partial charge in [0.1, 0.15) is 11.6 Å². The second kappa shape index (κ2) is 4.45. The van der Waals surface area contributed by atoms with Crippen LogP contribution in [0.4, 0.5) is 0 Å². The molecule has 0 aliphatic heterocycles. The number of ether oxygens (including phenoxy) is 1. The lowest BCUT2D eigenvalue weighted by atomic mass is 10.1. The SMILES string of the molecule is COc1ccc2nc(C)nc(CCN)c2c1. The van der Waals surface area contributed by atoms with Crippen LogP contribution in [0.15, 0.2) is 18.2 Å². The highest BCUT2D eigenvalue weighted by molar-refractivity contribution is 5.82. The molecule has 4 nitrogen and oxygen atoms in total. The molecule has 0 spiro atoms. The molecule has 0 unspecified atom stereocenters. The summed E-state index contributed by atoms with van der Waals surface area (Å²) >= 11 is 0. The Hall–Kier alpha value is -1.68. The Morgan fingerprint density at radius 3 is 2.81 bits per heavy atom. The zero-order valence-electron chi connectivity index (χ0n) is 9.53. The highest BCUT2D eigenvalue weighted by Gasteiger charge is 2.06. The lowest BCUT2D eigenvalue weighted by molar-refractivity contribution is 0.415. The zero-order chi connectivity index (χ0) is 11.5. The Morgan fingerprint density at radius 1 is 1.31 bits per heavy atom. The molecule has 0 radical (unpaired) electrons. The Kier molecular flexibility index (Phi) is 3.01. The summed E-state index contributed by atoms with van der Waals surface area (Å²) in [5, 5.41) is 1.02. The van der Waals surface area contributed by atoms with Crippen molar-refractivity contribution in [2.24, 2.45) is 5.73 Å². The van der Waals surface area contributed by atoms with Crippen molar-refractivity contribution in [3.8, 4) is 5.75 Å². The summed E-state index contributed by atoms with van der Waals surface area (Å²) in [6, 6.07) is 5.81. The third-order valence-corrected chi connectivity index (χ3v) is 2.47. The first-order valence-electron chi connectivity index (χ1n) is 5.26. The van der Waals surface area contributed by atoms with Crippen molar-refractivity contribution in [3.05, 3.63) is 29.7 Å². The summed E-state index contributed by atoms with van der Waals surface area (Å²) in [6.45, 7) is 2.48. The van der Waals surface area contributed by atoms with Crippen LogP contribution in [-0.2, 0) is 6.42 Å². The van der Waals surface area contributed by atoms with Crippen LogP contribution in [0.3, 0.4) is 0 Å². The van der Waals surface area contributed by atoms with E-state index in [2.05, 4.69) is 9.97 Å². The molecule has 0 atom stereocenters. The topological polar surface area (TPSA) is 61.0 Å². The quantitative estimate of drug-likeness (QED) is 0.845. The van der Waals surface area contributed by atoms with E-state index in [1.807, 2.05) is 25.1 Å². The van der Waals surface area contributed by atoms with Gasteiger partial charge < -0.3 is 10.5 Å². The van der Waals surface area contributed by atoms with Gasteiger partial charge in [-0.2, -0.15) is 0 Å². The van der Waals surface area contributed by atoms with Crippen LogP contribution in [0.5, 0.6) is 5.75 Å². The number of hydrogen-bond acceptors (Lipinski definition) is 4. The van der Waals surface area contributed by atoms with Crippen molar-refractivity contribution in [2.45, 2.75) is 13.3 Å². The number of hydrogen-bond donors (Lipinski definition) is 1. The van der Waals surface area contributed by atoms with E-state index in [-0.39, 0.29) is 0 Å². The van der Waals surface area contributed by atoms with Crippen LogP contribution in [0.2, 0.25) is 0 Å². The third kappa shape index (κ3) is 1.97. The van der Waals surface area contributed by atoms with E-state index in [4.69, 9.17) is 10.5 Å². The van der Waals surface area contributed by atoms with Gasteiger partial charge in [0.05, 0.1) is 18.3 Å². The van der Waals surface area contributed by atoms with Crippen LogP contribution < -0.4 is 10.5 Å². The molecule has 2 aromatic rings. The first kappa shape index (κ1) is 10.8. The molecule has 2 rings (SSSR count). The number of rotatable bonds is 3. The lowest BCUT2D eigenvalue weighted by Crippen LogP contribution is -2.06. The Balaban J connectivity index is 2.65. The monoisotopic (exact) mass is 217 g/mol. The summed E-state index contributed by atoms with van der Waals surface area (Å²) in [4.78, 5) is 8.81. The molecule has 84 valence electrons.